The van der Waals surface area contributed by atoms with Gasteiger partial charge in [-0.1, -0.05) is 44.2 Å². The summed E-state index contributed by atoms with van der Waals surface area (Å²) in [5.74, 6) is -1.16. The Bertz CT molecular complexity index is 510. The first kappa shape index (κ1) is 15.5. The highest BCUT2D eigenvalue weighted by Gasteiger charge is 2.31. The minimum absolute atomic E-state index is 0.0507. The van der Waals surface area contributed by atoms with Gasteiger partial charge in [0.1, 0.15) is 0 Å². The first-order valence-corrected chi connectivity index (χ1v) is 7.46. The average Bonchev–Trinajstić information content (AvgIpc) is 2.48. The van der Waals surface area contributed by atoms with Crippen LogP contribution in [0.15, 0.2) is 30.3 Å². The van der Waals surface area contributed by atoms with Crippen molar-refractivity contribution >= 4 is 11.9 Å². The lowest BCUT2D eigenvalue weighted by atomic mass is 9.81. The van der Waals surface area contributed by atoms with E-state index in [9.17, 15) is 9.59 Å². The second-order valence-electron chi connectivity index (χ2n) is 6.44. The number of carbonyl (C=O) groups excluding carboxylic acids is 1. The molecule has 0 aliphatic carbocycles. The van der Waals surface area contributed by atoms with Crippen LogP contribution in [-0.2, 0) is 15.0 Å². The maximum Gasteiger partial charge on any atom is 0.308 e. The van der Waals surface area contributed by atoms with Crippen molar-refractivity contribution in [3.05, 3.63) is 35.9 Å². The maximum atomic E-state index is 12.5. The van der Waals surface area contributed by atoms with Gasteiger partial charge in [0.05, 0.1) is 5.92 Å². The monoisotopic (exact) mass is 289 g/mol. The Morgan fingerprint density at radius 1 is 1.29 bits per heavy atom. The normalized spacial score (nSPS) is 19.3. The molecule has 1 atom stereocenters. The highest BCUT2D eigenvalue weighted by atomic mass is 16.4. The molecular weight excluding hydrogens is 266 g/mol. The van der Waals surface area contributed by atoms with E-state index >= 15 is 0 Å². The summed E-state index contributed by atoms with van der Waals surface area (Å²) in [6, 6.07) is 9.97. The fourth-order valence-corrected chi connectivity index (χ4v) is 2.89. The summed E-state index contributed by atoms with van der Waals surface area (Å²) >= 11 is 0. The van der Waals surface area contributed by atoms with Gasteiger partial charge in [0.2, 0.25) is 5.91 Å². The number of carboxylic acids is 1. The molecule has 0 bridgehead atoms. The number of carboxylic acid groups (broad SMARTS) is 1. The van der Waals surface area contributed by atoms with E-state index in [1.807, 2.05) is 30.3 Å². The van der Waals surface area contributed by atoms with Crippen molar-refractivity contribution in [3.8, 4) is 0 Å². The van der Waals surface area contributed by atoms with Crippen molar-refractivity contribution in [2.45, 2.75) is 38.5 Å². The molecule has 1 aliphatic rings. The summed E-state index contributed by atoms with van der Waals surface area (Å²) in [6.07, 6.45) is 1.85. The topological polar surface area (TPSA) is 57.6 Å². The van der Waals surface area contributed by atoms with Crippen molar-refractivity contribution in [2.75, 3.05) is 13.1 Å². The van der Waals surface area contributed by atoms with Crippen molar-refractivity contribution in [1.29, 1.82) is 0 Å². The second kappa shape index (κ2) is 6.29. The summed E-state index contributed by atoms with van der Waals surface area (Å²) < 4.78 is 0. The van der Waals surface area contributed by atoms with E-state index in [-0.39, 0.29) is 11.3 Å². The minimum Gasteiger partial charge on any atom is -0.481 e. The number of piperidine rings is 1. The maximum absolute atomic E-state index is 12.5. The van der Waals surface area contributed by atoms with Gasteiger partial charge in [-0.05, 0) is 23.8 Å². The lowest BCUT2D eigenvalue weighted by molar-refractivity contribution is -0.145. The molecule has 0 unspecified atom stereocenters. The summed E-state index contributed by atoms with van der Waals surface area (Å²) in [6.45, 7) is 5.13. The van der Waals surface area contributed by atoms with E-state index < -0.39 is 11.9 Å². The average molecular weight is 289 g/mol. The van der Waals surface area contributed by atoms with E-state index in [0.717, 1.165) is 12.0 Å². The van der Waals surface area contributed by atoms with Gasteiger partial charge < -0.3 is 10.0 Å². The van der Waals surface area contributed by atoms with Crippen LogP contribution in [0.25, 0.3) is 0 Å². The van der Waals surface area contributed by atoms with Crippen molar-refractivity contribution in [1.82, 2.24) is 4.90 Å². The lowest BCUT2D eigenvalue weighted by Gasteiger charge is -2.34. The number of likely N-dealkylation sites (tertiary alicyclic amines) is 1. The molecule has 1 aliphatic heterocycles. The number of hydrogen-bond acceptors (Lipinski definition) is 2. The molecule has 0 radical (unpaired) electrons. The van der Waals surface area contributed by atoms with Gasteiger partial charge >= 0.3 is 5.97 Å². The SMILES string of the molecule is CC(C)(CC(=O)N1CCC[C@@H](C(=O)O)C1)c1ccccc1. The highest BCUT2D eigenvalue weighted by molar-refractivity contribution is 5.79. The number of rotatable bonds is 4. The van der Waals surface area contributed by atoms with Crippen LogP contribution in [0.3, 0.4) is 0 Å². The number of benzene rings is 1. The van der Waals surface area contributed by atoms with E-state index in [1.54, 1.807) is 4.90 Å². The van der Waals surface area contributed by atoms with Crippen molar-refractivity contribution in [2.24, 2.45) is 5.92 Å². The molecule has 2 rings (SSSR count). The number of nitrogens with zero attached hydrogens (tertiary/aromatic N) is 1. The molecule has 0 saturated carbocycles. The Hall–Kier alpha value is -1.84. The molecule has 1 saturated heterocycles. The zero-order valence-electron chi connectivity index (χ0n) is 12.7. The quantitative estimate of drug-likeness (QED) is 0.927. The van der Waals surface area contributed by atoms with Crippen LogP contribution in [0.1, 0.15) is 38.7 Å². The van der Waals surface area contributed by atoms with Gasteiger partial charge in [-0.2, -0.15) is 0 Å². The predicted molar refractivity (Wildman–Crippen MR) is 81.0 cm³/mol. The minimum atomic E-state index is -0.796. The Kier molecular flexibility index (Phi) is 4.66. The first-order valence-electron chi connectivity index (χ1n) is 7.46. The predicted octanol–water partition coefficient (Wildman–Crippen LogP) is 2.68. The molecule has 1 aromatic rings. The van der Waals surface area contributed by atoms with E-state index in [1.165, 1.54) is 0 Å². The van der Waals surface area contributed by atoms with Gasteiger partial charge in [0.25, 0.3) is 0 Å². The molecular formula is C17H23NO3. The van der Waals surface area contributed by atoms with Crippen LogP contribution in [-0.4, -0.2) is 35.0 Å². The number of carbonyl (C=O) groups is 2. The summed E-state index contributed by atoms with van der Waals surface area (Å²) in [5, 5.41) is 9.11. The van der Waals surface area contributed by atoms with Gasteiger partial charge in [-0.3, -0.25) is 9.59 Å². The van der Waals surface area contributed by atoms with Crippen LogP contribution in [0, 0.1) is 5.92 Å². The van der Waals surface area contributed by atoms with Crippen LogP contribution < -0.4 is 0 Å². The van der Waals surface area contributed by atoms with Gasteiger partial charge in [-0.25, -0.2) is 0 Å². The standard InChI is InChI=1S/C17H23NO3/c1-17(2,14-8-4-3-5-9-14)11-15(19)18-10-6-7-13(12-18)16(20)21/h3-5,8-9,13H,6-7,10-12H2,1-2H3,(H,20,21)/t13-/m1/s1. The van der Waals surface area contributed by atoms with Crippen molar-refractivity contribution < 1.29 is 14.7 Å². The Morgan fingerprint density at radius 2 is 1.95 bits per heavy atom. The molecule has 1 fully saturated rings. The van der Waals surface area contributed by atoms with Crippen molar-refractivity contribution in [3.63, 3.8) is 0 Å². The first-order chi connectivity index (χ1) is 9.90. The molecule has 114 valence electrons. The van der Waals surface area contributed by atoms with Gasteiger partial charge in [0, 0.05) is 19.5 Å². The zero-order chi connectivity index (χ0) is 15.5. The Morgan fingerprint density at radius 3 is 2.57 bits per heavy atom. The largest absolute Gasteiger partial charge is 0.481 e. The van der Waals surface area contributed by atoms with Gasteiger partial charge in [-0.15, -0.1) is 0 Å². The third kappa shape index (κ3) is 3.84. The number of amides is 1. The van der Waals surface area contributed by atoms with Gasteiger partial charge in [0.15, 0.2) is 0 Å². The smallest absolute Gasteiger partial charge is 0.308 e. The molecule has 1 heterocycles. The summed E-state index contributed by atoms with van der Waals surface area (Å²) in [7, 11) is 0. The molecule has 1 N–H and O–H groups in total. The van der Waals surface area contributed by atoms with Crippen LogP contribution in [0.4, 0.5) is 0 Å². The molecule has 1 amide bonds. The fraction of sp³-hybridized carbons (Fsp3) is 0.529. The third-order valence-corrected chi connectivity index (χ3v) is 4.27. The van der Waals surface area contributed by atoms with E-state index in [4.69, 9.17) is 5.11 Å². The summed E-state index contributed by atoms with van der Waals surface area (Å²) in [4.78, 5) is 25.3. The van der Waals surface area contributed by atoms with Crippen LogP contribution in [0.2, 0.25) is 0 Å². The van der Waals surface area contributed by atoms with Crippen LogP contribution in [0.5, 0.6) is 0 Å². The molecule has 0 spiro atoms. The highest BCUT2D eigenvalue weighted by Crippen LogP contribution is 2.28. The van der Waals surface area contributed by atoms with E-state index in [2.05, 4.69) is 13.8 Å². The fourth-order valence-electron chi connectivity index (χ4n) is 2.89. The molecule has 0 aromatic heterocycles. The summed E-state index contributed by atoms with van der Waals surface area (Å²) in [5.41, 5.74) is 0.888. The van der Waals surface area contributed by atoms with E-state index in [0.29, 0.717) is 25.9 Å². The second-order valence-corrected chi connectivity index (χ2v) is 6.44. The molecule has 1 aromatic carbocycles. The Labute approximate surface area is 125 Å². The van der Waals surface area contributed by atoms with Crippen LogP contribution >= 0.6 is 0 Å². The number of hydrogen-bond donors (Lipinski definition) is 1. The molecule has 4 heteroatoms. The number of aliphatic carboxylic acids is 1. The zero-order valence-corrected chi connectivity index (χ0v) is 12.7. The third-order valence-electron chi connectivity index (χ3n) is 4.27. The molecule has 21 heavy (non-hydrogen) atoms. The lowest BCUT2D eigenvalue weighted by Crippen LogP contribution is -2.44. The molecule has 4 nitrogen and oxygen atoms in total. The Balaban J connectivity index is 2.02.